The molecule has 2 aromatic heterocycles. The van der Waals surface area contributed by atoms with Crippen molar-refractivity contribution in [3.8, 4) is 22.3 Å². The number of hydrogen-bond acceptors (Lipinski definition) is 0. The summed E-state index contributed by atoms with van der Waals surface area (Å²) in [5.41, 5.74) is 17.2. The van der Waals surface area contributed by atoms with E-state index in [1.165, 1.54) is 122 Å². The Morgan fingerprint density at radius 2 is 0.633 bits per heavy atom. The minimum atomic E-state index is 1.07. The van der Waals surface area contributed by atoms with Crippen LogP contribution in [-0.4, -0.2) is 10.7 Å². The van der Waals surface area contributed by atoms with Crippen molar-refractivity contribution in [3.63, 3.8) is 0 Å². The van der Waals surface area contributed by atoms with Gasteiger partial charge in [0.15, 0.2) is 24.8 Å². The van der Waals surface area contributed by atoms with E-state index in [9.17, 15) is 0 Å². The first-order valence-corrected chi connectivity index (χ1v) is 28.2. The van der Waals surface area contributed by atoms with E-state index in [-0.39, 0.29) is 0 Å². The van der Waals surface area contributed by atoms with Crippen LogP contribution in [0, 0.1) is 0 Å². The van der Waals surface area contributed by atoms with Crippen molar-refractivity contribution >= 4 is 60.1 Å². The van der Waals surface area contributed by atoms with Crippen LogP contribution in [0.25, 0.3) is 22.3 Å². The first-order chi connectivity index (χ1) is 29.6. The fourth-order valence-corrected chi connectivity index (χ4v) is 9.21. The maximum Gasteiger partial charge on any atom is 0.172 e. The number of nitrogens with zero attached hydrogens (tertiary/aromatic N) is 2. The number of halogens is 4. The maximum absolute atomic E-state index is 3.48. The minimum absolute atomic E-state index is 1.07. The van der Waals surface area contributed by atoms with Crippen LogP contribution in [-0.2, 0) is 64.5 Å². The molecule has 2 heterocycles. The summed E-state index contributed by atoms with van der Waals surface area (Å²) in [5.74, 6) is 0. The lowest BCUT2D eigenvalue weighted by Gasteiger charge is -2.13. The number of aromatic nitrogens is 2. The zero-order valence-corrected chi connectivity index (χ0v) is 41.6. The van der Waals surface area contributed by atoms with Crippen LogP contribution in [0.15, 0.2) is 134 Å². The van der Waals surface area contributed by atoms with Crippen molar-refractivity contribution in [1.82, 2.24) is 0 Å². The van der Waals surface area contributed by atoms with E-state index in [0.717, 1.165) is 49.4 Å². The number of hydrogen-bond donors (Lipinski definition) is 0. The van der Waals surface area contributed by atoms with Gasteiger partial charge in [0.25, 0.3) is 0 Å². The molecule has 0 atom stereocenters. The third kappa shape index (κ3) is 14.6. The van der Waals surface area contributed by atoms with Crippen LogP contribution < -0.4 is 9.13 Å². The predicted molar refractivity (Wildman–Crippen MR) is 269 cm³/mol. The highest BCUT2D eigenvalue weighted by Gasteiger charge is 2.15. The molecule has 6 heteroatoms. The van der Waals surface area contributed by atoms with Gasteiger partial charge >= 0.3 is 0 Å². The summed E-state index contributed by atoms with van der Waals surface area (Å²) >= 11 is 12.5. The second-order valence-electron chi connectivity index (χ2n) is 16.5. The van der Waals surface area contributed by atoms with Gasteiger partial charge in [-0.1, -0.05) is 129 Å². The van der Waals surface area contributed by atoms with Gasteiger partial charge in [0.2, 0.25) is 0 Å². The van der Waals surface area contributed by atoms with Gasteiger partial charge in [-0.05, 0) is 146 Å². The van der Waals surface area contributed by atoms with Crippen molar-refractivity contribution in [1.29, 1.82) is 0 Å². The molecule has 0 aliphatic heterocycles. The molecule has 0 fully saturated rings. The van der Waals surface area contributed by atoms with Crippen molar-refractivity contribution in [2.45, 2.75) is 116 Å². The Balaban J connectivity index is 0.000000232. The van der Waals surface area contributed by atoms with Gasteiger partial charge in [-0.15, -0.1) is 0 Å². The summed E-state index contributed by atoms with van der Waals surface area (Å²) in [7, 11) is 0. The summed E-state index contributed by atoms with van der Waals surface area (Å²) in [5, 5.41) is 2.15. The maximum atomic E-state index is 3.48. The summed E-state index contributed by atoms with van der Waals surface area (Å²) in [6.07, 6.45) is 29.1. The summed E-state index contributed by atoms with van der Waals surface area (Å²) < 4.78 is 4.79. The van der Waals surface area contributed by atoms with Crippen molar-refractivity contribution in [2.75, 3.05) is 10.7 Å². The second kappa shape index (κ2) is 25.9. The Labute approximate surface area is 393 Å². The van der Waals surface area contributed by atoms with Gasteiger partial charge < -0.3 is 0 Å². The number of pyridine rings is 2. The summed E-state index contributed by atoms with van der Waals surface area (Å²) in [4.78, 5) is 0. The van der Waals surface area contributed by atoms with Crippen LogP contribution in [0.1, 0.15) is 95.9 Å². The molecule has 2 nitrogen and oxygen atoms in total. The molecule has 0 spiro atoms. The fourth-order valence-electron chi connectivity index (χ4n) is 8.64. The van der Waals surface area contributed by atoms with Crippen LogP contribution >= 0.6 is 60.1 Å². The first-order valence-electron chi connectivity index (χ1n) is 22.3. The van der Waals surface area contributed by atoms with Gasteiger partial charge in [0, 0.05) is 75.0 Å². The third-order valence-electron chi connectivity index (χ3n) is 12.1. The van der Waals surface area contributed by atoms with Crippen molar-refractivity contribution < 1.29 is 9.13 Å². The lowest BCUT2D eigenvalue weighted by Crippen LogP contribution is -2.34. The number of rotatable bonds is 16. The minimum Gasteiger partial charge on any atom is -0.205 e. The molecule has 0 bridgehead atoms. The molecule has 314 valence electrons. The van der Waals surface area contributed by atoms with Crippen LogP contribution in [0.2, 0.25) is 0 Å². The SMILES string of the molecule is BrBr.BrCCCc1ccc(-c2ccc(CCCBr)cc2)cc1.c1cc(-c2ccc(CCC[n+]3ccc4c(c3)CCCC4)cc2)ccc1CCC[n+]1ccc2c(c1)CCCC2. The van der Waals surface area contributed by atoms with Gasteiger partial charge in [-0.3, -0.25) is 0 Å². The lowest BCUT2D eigenvalue weighted by atomic mass is 9.93. The highest BCUT2D eigenvalue weighted by atomic mass is 80.9. The molecule has 2 aliphatic rings. The Hall–Kier alpha value is -2.90. The standard InChI is InChI=1S/C36H42N2.C18H20Br2.Br2/c1-3-11-35-27-37(25-21-31(35)9-1)23-5-7-29-13-17-33(18-14-29)34-19-15-30(16-20-34)8-6-24-38-26-22-32-10-2-4-12-36(32)28-38;19-13-1-3-15-5-9-17(10-6-15)18-11-7-16(8-12-18)4-2-14-20;1-2/h13-22,25-28H,1-12,23-24H2;5-12H,1-4,13-14H2;/q+2;;. The average molecular weight is 1060 g/mol. The monoisotopic (exact) mass is 1050 g/mol. The van der Waals surface area contributed by atoms with E-state index in [0.29, 0.717) is 0 Å². The number of alkyl halides is 2. The van der Waals surface area contributed by atoms with Crippen molar-refractivity contribution in [2.24, 2.45) is 0 Å². The molecule has 60 heavy (non-hydrogen) atoms. The van der Waals surface area contributed by atoms with E-state index in [1.54, 1.807) is 22.3 Å². The Bertz CT molecular complexity index is 1990. The quantitative estimate of drug-likeness (QED) is 0.0674. The van der Waals surface area contributed by atoms with Gasteiger partial charge in [-0.25, -0.2) is 9.13 Å². The van der Waals surface area contributed by atoms with Crippen LogP contribution in [0.3, 0.4) is 0 Å². The Kier molecular flexibility index (Phi) is 20.1. The van der Waals surface area contributed by atoms with Crippen LogP contribution in [0.4, 0.5) is 0 Å². The molecule has 2 aliphatic carbocycles. The van der Waals surface area contributed by atoms with Gasteiger partial charge in [0.05, 0.1) is 0 Å². The smallest absolute Gasteiger partial charge is 0.172 e. The first kappa shape index (κ1) is 46.6. The van der Waals surface area contributed by atoms with Gasteiger partial charge in [-0.2, -0.15) is 0 Å². The van der Waals surface area contributed by atoms with E-state index >= 15 is 0 Å². The lowest BCUT2D eigenvalue weighted by molar-refractivity contribution is -0.697. The van der Waals surface area contributed by atoms with Crippen molar-refractivity contribution in [3.05, 3.63) is 178 Å². The van der Waals surface area contributed by atoms with Gasteiger partial charge in [0.1, 0.15) is 13.1 Å². The van der Waals surface area contributed by atoms with E-state index < -0.39 is 0 Å². The molecule has 6 aromatic rings. The highest BCUT2D eigenvalue weighted by molar-refractivity contribution is 9.93. The molecule has 0 saturated heterocycles. The van der Waals surface area contributed by atoms with E-state index in [4.69, 9.17) is 0 Å². The largest absolute Gasteiger partial charge is 0.205 e. The highest BCUT2D eigenvalue weighted by Crippen LogP contribution is 2.24. The average Bonchev–Trinajstić information content (AvgIpc) is 3.32. The molecule has 0 unspecified atom stereocenters. The summed E-state index contributed by atoms with van der Waals surface area (Å²) in [6, 6.07) is 41.1. The molecule has 8 rings (SSSR count). The molecule has 0 saturated carbocycles. The van der Waals surface area contributed by atoms with Crippen LogP contribution in [0.5, 0.6) is 0 Å². The number of fused-ring (bicyclic) bond motifs is 2. The summed E-state index contributed by atoms with van der Waals surface area (Å²) in [6.45, 7) is 2.20. The molecular formula is C54H62Br4N2+2. The molecule has 4 aromatic carbocycles. The zero-order chi connectivity index (χ0) is 41.8. The third-order valence-corrected chi connectivity index (χ3v) is 13.3. The van der Waals surface area contributed by atoms with E-state index in [2.05, 4.69) is 203 Å². The number of benzene rings is 4. The molecule has 0 radical (unpaired) electrons. The van der Waals surface area contributed by atoms with E-state index in [1.807, 2.05) is 0 Å². The molecule has 0 N–H and O–H groups in total. The topological polar surface area (TPSA) is 7.76 Å². The Morgan fingerprint density at radius 1 is 0.350 bits per heavy atom. The normalized spacial score (nSPS) is 12.9. The fraction of sp³-hybridized carbons (Fsp3) is 0.370. The predicted octanol–water partition coefficient (Wildman–Crippen LogP) is 14.7. The Morgan fingerprint density at radius 3 is 0.933 bits per heavy atom. The zero-order valence-electron chi connectivity index (χ0n) is 35.3. The number of aryl methyl sites for hydroxylation is 10. The molecule has 0 amide bonds. The molecular weight excluding hydrogens is 996 g/mol. The second-order valence-corrected chi connectivity index (χ2v) is 18.0.